The molecule has 0 spiro atoms. The number of nitrogens with one attached hydrogen (secondary N) is 1. The lowest BCUT2D eigenvalue weighted by atomic mass is 10.1. The molecule has 1 saturated carbocycles. The Morgan fingerprint density at radius 2 is 2.20 bits per heavy atom. The van der Waals surface area contributed by atoms with Gasteiger partial charge >= 0.3 is 0 Å². The molecule has 5 heteroatoms. The zero-order valence-electron chi connectivity index (χ0n) is 11.2. The standard InChI is InChI=1S/C15H17BrFN3/c16-14-11(7-18)1-4-13(15(14)17)19-8-10-5-6-20(9-10)12-2-3-12/h1,4,10,12,19H,2-3,5-6,8-9H2. The van der Waals surface area contributed by atoms with Gasteiger partial charge in [-0.1, -0.05) is 0 Å². The first-order chi connectivity index (χ1) is 9.69. The highest BCUT2D eigenvalue weighted by atomic mass is 79.9. The first-order valence-electron chi connectivity index (χ1n) is 7.05. The fourth-order valence-electron chi connectivity index (χ4n) is 2.83. The van der Waals surface area contributed by atoms with Crippen LogP contribution in [0.5, 0.6) is 0 Å². The number of likely N-dealkylation sites (tertiary alicyclic amines) is 1. The van der Waals surface area contributed by atoms with E-state index in [2.05, 4.69) is 26.1 Å². The molecule has 0 bridgehead atoms. The van der Waals surface area contributed by atoms with E-state index in [1.807, 2.05) is 6.07 Å². The van der Waals surface area contributed by atoms with Crippen molar-refractivity contribution in [1.82, 2.24) is 4.90 Å². The van der Waals surface area contributed by atoms with Gasteiger partial charge in [-0.3, -0.25) is 0 Å². The van der Waals surface area contributed by atoms with Crippen LogP contribution in [0.25, 0.3) is 0 Å². The third-order valence-electron chi connectivity index (χ3n) is 4.16. The predicted octanol–water partition coefficient (Wildman–Crippen LogP) is 3.36. The summed E-state index contributed by atoms with van der Waals surface area (Å²) in [6.07, 6.45) is 3.87. The van der Waals surface area contributed by atoms with E-state index in [9.17, 15) is 4.39 Å². The minimum absolute atomic E-state index is 0.246. The van der Waals surface area contributed by atoms with Gasteiger partial charge in [0.05, 0.1) is 15.7 Å². The van der Waals surface area contributed by atoms with Gasteiger partial charge in [0.1, 0.15) is 6.07 Å². The largest absolute Gasteiger partial charge is 0.382 e. The molecule has 2 fully saturated rings. The molecule has 3 rings (SSSR count). The van der Waals surface area contributed by atoms with Crippen molar-refractivity contribution in [3.05, 3.63) is 28.0 Å². The summed E-state index contributed by atoms with van der Waals surface area (Å²) < 4.78 is 14.3. The summed E-state index contributed by atoms with van der Waals surface area (Å²) in [5.41, 5.74) is 0.801. The number of anilines is 1. The van der Waals surface area contributed by atoms with Gasteiger partial charge in [-0.2, -0.15) is 5.26 Å². The maximum atomic E-state index is 14.1. The molecule has 1 heterocycles. The molecule has 106 valence electrons. The quantitative estimate of drug-likeness (QED) is 0.915. The van der Waals surface area contributed by atoms with E-state index in [4.69, 9.17) is 5.26 Å². The SMILES string of the molecule is N#Cc1ccc(NCC2CCN(C3CC3)C2)c(F)c1Br. The highest BCUT2D eigenvalue weighted by molar-refractivity contribution is 9.10. The number of hydrogen-bond donors (Lipinski definition) is 1. The van der Waals surface area contributed by atoms with E-state index in [1.54, 1.807) is 12.1 Å². The van der Waals surface area contributed by atoms with Crippen LogP contribution in [0.15, 0.2) is 16.6 Å². The maximum Gasteiger partial charge on any atom is 0.161 e. The van der Waals surface area contributed by atoms with Crippen LogP contribution in [-0.4, -0.2) is 30.6 Å². The van der Waals surface area contributed by atoms with E-state index in [-0.39, 0.29) is 10.3 Å². The minimum Gasteiger partial charge on any atom is -0.382 e. The van der Waals surface area contributed by atoms with Crippen molar-refractivity contribution < 1.29 is 4.39 Å². The molecule has 2 aliphatic rings. The van der Waals surface area contributed by atoms with Gasteiger partial charge in [-0.25, -0.2) is 4.39 Å². The first-order valence-corrected chi connectivity index (χ1v) is 7.84. The van der Waals surface area contributed by atoms with Crippen molar-refractivity contribution in [2.75, 3.05) is 25.0 Å². The van der Waals surface area contributed by atoms with Crippen LogP contribution < -0.4 is 5.32 Å². The van der Waals surface area contributed by atoms with Gasteiger partial charge < -0.3 is 10.2 Å². The average Bonchev–Trinajstić information content (AvgIpc) is 3.20. The van der Waals surface area contributed by atoms with Crippen LogP contribution in [0.3, 0.4) is 0 Å². The minimum atomic E-state index is -0.374. The van der Waals surface area contributed by atoms with Crippen LogP contribution in [-0.2, 0) is 0 Å². The van der Waals surface area contributed by atoms with Crippen LogP contribution in [0, 0.1) is 23.1 Å². The summed E-state index contributed by atoms with van der Waals surface area (Å²) in [5, 5.41) is 12.0. The fraction of sp³-hybridized carbons (Fsp3) is 0.533. The normalized spacial score (nSPS) is 22.8. The summed E-state index contributed by atoms with van der Waals surface area (Å²) in [5.74, 6) is 0.213. The Morgan fingerprint density at radius 1 is 1.40 bits per heavy atom. The predicted molar refractivity (Wildman–Crippen MR) is 80.0 cm³/mol. The molecule has 1 aromatic rings. The van der Waals surface area contributed by atoms with Gasteiger partial charge in [0.15, 0.2) is 5.82 Å². The number of halogens is 2. The van der Waals surface area contributed by atoms with Crippen LogP contribution in [0.2, 0.25) is 0 Å². The molecular formula is C15H17BrFN3. The van der Waals surface area contributed by atoms with Crippen molar-refractivity contribution >= 4 is 21.6 Å². The summed E-state index contributed by atoms with van der Waals surface area (Å²) >= 11 is 3.14. The van der Waals surface area contributed by atoms with Gasteiger partial charge in [0.2, 0.25) is 0 Å². The van der Waals surface area contributed by atoms with Gasteiger partial charge in [0.25, 0.3) is 0 Å². The van der Waals surface area contributed by atoms with E-state index >= 15 is 0 Å². The fourth-order valence-corrected chi connectivity index (χ4v) is 3.26. The zero-order chi connectivity index (χ0) is 14.1. The second-order valence-electron chi connectivity index (χ2n) is 5.66. The van der Waals surface area contributed by atoms with Crippen molar-refractivity contribution in [2.24, 2.45) is 5.92 Å². The zero-order valence-corrected chi connectivity index (χ0v) is 12.8. The van der Waals surface area contributed by atoms with Crippen LogP contribution >= 0.6 is 15.9 Å². The topological polar surface area (TPSA) is 39.1 Å². The van der Waals surface area contributed by atoms with Gasteiger partial charge in [-0.05, 0) is 59.8 Å². The third kappa shape index (κ3) is 2.82. The molecular weight excluding hydrogens is 321 g/mol. The molecule has 1 unspecified atom stereocenters. The highest BCUT2D eigenvalue weighted by Crippen LogP contribution is 2.32. The number of rotatable bonds is 4. The lowest BCUT2D eigenvalue weighted by molar-refractivity contribution is 0.316. The average molecular weight is 338 g/mol. The highest BCUT2D eigenvalue weighted by Gasteiger charge is 2.34. The number of hydrogen-bond acceptors (Lipinski definition) is 3. The van der Waals surface area contributed by atoms with Gasteiger partial charge in [-0.15, -0.1) is 0 Å². The molecule has 20 heavy (non-hydrogen) atoms. The molecule has 1 aliphatic carbocycles. The number of benzene rings is 1. The maximum absolute atomic E-state index is 14.1. The van der Waals surface area contributed by atoms with E-state index in [0.29, 0.717) is 17.2 Å². The molecule has 1 N–H and O–H groups in total. The molecule has 1 aliphatic heterocycles. The molecule has 3 nitrogen and oxygen atoms in total. The Morgan fingerprint density at radius 3 is 2.90 bits per heavy atom. The lowest BCUT2D eigenvalue weighted by Gasteiger charge is -2.16. The van der Waals surface area contributed by atoms with Crippen LogP contribution in [0.1, 0.15) is 24.8 Å². The second-order valence-corrected chi connectivity index (χ2v) is 6.46. The molecule has 1 atom stereocenters. The Bertz CT molecular complexity index is 551. The molecule has 0 aromatic heterocycles. The summed E-state index contributed by atoms with van der Waals surface area (Å²) in [4.78, 5) is 2.55. The van der Waals surface area contributed by atoms with E-state index < -0.39 is 0 Å². The summed E-state index contributed by atoms with van der Waals surface area (Å²) in [6.45, 7) is 3.09. The smallest absolute Gasteiger partial charge is 0.161 e. The van der Waals surface area contributed by atoms with Crippen molar-refractivity contribution in [2.45, 2.75) is 25.3 Å². The van der Waals surface area contributed by atoms with Gasteiger partial charge in [0, 0.05) is 19.1 Å². The third-order valence-corrected chi connectivity index (χ3v) is 4.94. The van der Waals surface area contributed by atoms with Crippen molar-refractivity contribution in [3.63, 3.8) is 0 Å². The van der Waals surface area contributed by atoms with E-state index in [1.165, 1.54) is 25.8 Å². The number of nitriles is 1. The second kappa shape index (κ2) is 5.71. The summed E-state index contributed by atoms with van der Waals surface area (Å²) in [7, 11) is 0. The molecule has 0 radical (unpaired) electrons. The first kappa shape index (κ1) is 13.8. The Balaban J connectivity index is 1.59. The number of nitrogens with zero attached hydrogens (tertiary/aromatic N) is 2. The Hall–Kier alpha value is -1.12. The molecule has 0 amide bonds. The van der Waals surface area contributed by atoms with E-state index in [0.717, 1.165) is 19.1 Å². The Labute approximate surface area is 126 Å². The van der Waals surface area contributed by atoms with Crippen molar-refractivity contribution in [3.8, 4) is 6.07 Å². The van der Waals surface area contributed by atoms with Crippen molar-refractivity contribution in [1.29, 1.82) is 5.26 Å². The Kier molecular flexibility index (Phi) is 3.95. The lowest BCUT2D eigenvalue weighted by Crippen LogP contribution is -2.25. The molecule has 1 saturated heterocycles. The summed E-state index contributed by atoms with van der Waals surface area (Å²) in [6, 6.07) is 6.07. The van der Waals surface area contributed by atoms with Crippen LogP contribution in [0.4, 0.5) is 10.1 Å². The molecule has 1 aromatic carbocycles. The monoisotopic (exact) mass is 337 g/mol.